The molecule has 4 rings (SSSR count). The number of fused-ring (bicyclic) bond motifs is 2. The number of rotatable bonds is 8. The molecule has 158 valence electrons. The number of aromatic amines is 1. The Morgan fingerprint density at radius 3 is 2.73 bits per heavy atom. The highest BCUT2D eigenvalue weighted by Gasteiger charge is 2.27. The van der Waals surface area contributed by atoms with E-state index in [9.17, 15) is 4.79 Å². The van der Waals surface area contributed by atoms with Gasteiger partial charge in [0, 0.05) is 42.3 Å². The molecule has 0 saturated carbocycles. The Balaban J connectivity index is 1.27. The van der Waals surface area contributed by atoms with Crippen LogP contribution in [-0.4, -0.2) is 54.5 Å². The number of ether oxygens (including phenoxy) is 1. The number of nitrogens with one attached hydrogen (secondary N) is 1. The van der Waals surface area contributed by atoms with Gasteiger partial charge in [0.2, 0.25) is 0 Å². The molecule has 1 aliphatic rings. The molecule has 30 heavy (non-hydrogen) atoms. The number of nitrogens with zero attached hydrogens (tertiary/aromatic N) is 2. The molecule has 1 aromatic heterocycles. The molecule has 0 unspecified atom stereocenters. The molecule has 0 bridgehead atoms. The van der Waals surface area contributed by atoms with Gasteiger partial charge in [0.15, 0.2) is 0 Å². The Morgan fingerprint density at radius 2 is 1.93 bits per heavy atom. The van der Waals surface area contributed by atoms with Crippen LogP contribution in [0.5, 0.6) is 5.75 Å². The Bertz CT molecular complexity index is 1070. The van der Waals surface area contributed by atoms with Crippen LogP contribution in [0.25, 0.3) is 10.9 Å². The van der Waals surface area contributed by atoms with Gasteiger partial charge in [0.05, 0.1) is 7.11 Å². The van der Waals surface area contributed by atoms with Gasteiger partial charge in [-0.1, -0.05) is 6.07 Å². The van der Waals surface area contributed by atoms with Gasteiger partial charge < -0.3 is 19.5 Å². The van der Waals surface area contributed by atoms with E-state index in [2.05, 4.69) is 61.2 Å². The zero-order chi connectivity index (χ0) is 21.3. The second-order valence-electron chi connectivity index (χ2n) is 8.45. The van der Waals surface area contributed by atoms with Crippen LogP contribution in [0.4, 0.5) is 0 Å². The summed E-state index contributed by atoms with van der Waals surface area (Å²) in [4.78, 5) is 20.4. The van der Waals surface area contributed by atoms with E-state index in [0.29, 0.717) is 0 Å². The summed E-state index contributed by atoms with van der Waals surface area (Å²) in [5.41, 5.74) is 6.97. The van der Waals surface area contributed by atoms with Gasteiger partial charge in [-0.05, 0) is 86.8 Å². The zero-order valence-corrected chi connectivity index (χ0v) is 18.4. The molecule has 1 N–H and O–H groups in total. The van der Waals surface area contributed by atoms with Crippen molar-refractivity contribution in [2.45, 2.75) is 33.2 Å². The lowest BCUT2D eigenvalue weighted by Gasteiger charge is -2.20. The summed E-state index contributed by atoms with van der Waals surface area (Å²) >= 11 is 0. The van der Waals surface area contributed by atoms with E-state index in [-0.39, 0.29) is 5.91 Å². The van der Waals surface area contributed by atoms with Crippen LogP contribution in [0.2, 0.25) is 0 Å². The summed E-state index contributed by atoms with van der Waals surface area (Å²) in [6.45, 7) is 7.70. The largest absolute Gasteiger partial charge is 0.497 e. The van der Waals surface area contributed by atoms with Crippen molar-refractivity contribution in [3.05, 3.63) is 64.3 Å². The minimum absolute atomic E-state index is 0.184. The topological polar surface area (TPSA) is 48.6 Å². The maximum absolute atomic E-state index is 12.7. The van der Waals surface area contributed by atoms with E-state index < -0.39 is 0 Å². The number of hydrogen-bond donors (Lipinski definition) is 1. The smallest absolute Gasteiger partial charge is 0.254 e. The number of H-pyrrole nitrogens is 1. The lowest BCUT2D eigenvalue weighted by Crippen LogP contribution is -2.29. The van der Waals surface area contributed by atoms with Crippen molar-refractivity contribution >= 4 is 16.8 Å². The summed E-state index contributed by atoms with van der Waals surface area (Å²) in [7, 11) is 3.86. The molecule has 0 saturated heterocycles. The third-order valence-electron chi connectivity index (χ3n) is 6.30. The van der Waals surface area contributed by atoms with Gasteiger partial charge in [-0.25, -0.2) is 0 Å². The van der Waals surface area contributed by atoms with Crippen LogP contribution in [-0.2, 0) is 13.0 Å². The summed E-state index contributed by atoms with van der Waals surface area (Å²) in [6, 6.07) is 10.4. The third-order valence-corrected chi connectivity index (χ3v) is 6.30. The summed E-state index contributed by atoms with van der Waals surface area (Å²) < 4.78 is 5.36. The molecule has 5 heteroatoms. The average molecular weight is 406 g/mol. The number of carbonyl (C=O) groups is 1. The monoisotopic (exact) mass is 405 g/mol. The van der Waals surface area contributed by atoms with Gasteiger partial charge in [-0.2, -0.15) is 0 Å². The normalized spacial score (nSPS) is 13.5. The van der Waals surface area contributed by atoms with Crippen LogP contribution in [0, 0.1) is 13.8 Å². The first-order valence-corrected chi connectivity index (χ1v) is 10.7. The second kappa shape index (κ2) is 8.52. The Hall–Kier alpha value is -2.79. The number of likely N-dealkylation sites (N-methyl/N-ethyl adjacent to an activating group) is 1. The van der Waals surface area contributed by atoms with E-state index in [1.54, 1.807) is 7.11 Å². The Kier molecular flexibility index (Phi) is 5.82. The average Bonchev–Trinajstić information content (AvgIpc) is 3.27. The highest BCUT2D eigenvalue weighted by Crippen LogP contribution is 2.26. The van der Waals surface area contributed by atoms with Crippen molar-refractivity contribution in [2.75, 3.05) is 33.8 Å². The van der Waals surface area contributed by atoms with Crippen molar-refractivity contribution in [3.8, 4) is 5.75 Å². The third kappa shape index (κ3) is 4.08. The van der Waals surface area contributed by atoms with Crippen LogP contribution in [0.1, 0.15) is 39.0 Å². The van der Waals surface area contributed by atoms with Gasteiger partial charge in [0.25, 0.3) is 5.91 Å². The number of aromatic nitrogens is 1. The molecule has 2 aromatic carbocycles. The maximum atomic E-state index is 12.7. The van der Waals surface area contributed by atoms with E-state index in [4.69, 9.17) is 4.74 Å². The lowest BCUT2D eigenvalue weighted by atomic mass is 10.0. The molecule has 5 nitrogen and oxygen atoms in total. The van der Waals surface area contributed by atoms with Gasteiger partial charge >= 0.3 is 0 Å². The molecule has 1 aliphatic heterocycles. The van der Waals surface area contributed by atoms with E-state index in [0.717, 1.165) is 55.9 Å². The van der Waals surface area contributed by atoms with Crippen molar-refractivity contribution < 1.29 is 9.53 Å². The summed E-state index contributed by atoms with van der Waals surface area (Å²) in [5.74, 6) is 1.07. The lowest BCUT2D eigenvalue weighted by molar-refractivity contribution is 0.0772. The fourth-order valence-corrected chi connectivity index (χ4v) is 4.28. The minimum atomic E-state index is 0.184. The van der Waals surface area contributed by atoms with E-state index in [1.165, 1.54) is 27.6 Å². The standard InChI is InChI=1S/C25H31N3O2/c1-17-12-20-16-28(25(29)23(20)13-18(17)2)10-5-9-27(3)11-8-19-15-26-24-7-6-21(30-4)14-22(19)24/h6-7,12-15,26H,5,8-11,16H2,1-4H3. The SMILES string of the molecule is COc1ccc2[nH]cc(CCN(C)CCCN3Cc4cc(C)c(C)cc4C3=O)c2c1. The fourth-order valence-electron chi connectivity index (χ4n) is 4.28. The molecule has 0 spiro atoms. The second-order valence-corrected chi connectivity index (χ2v) is 8.45. The van der Waals surface area contributed by atoms with Crippen molar-refractivity contribution in [3.63, 3.8) is 0 Å². The number of methoxy groups -OCH3 is 1. The Labute approximate surface area is 178 Å². The number of carbonyl (C=O) groups excluding carboxylic acids is 1. The minimum Gasteiger partial charge on any atom is -0.497 e. The number of aryl methyl sites for hydroxylation is 2. The first-order chi connectivity index (χ1) is 14.5. The molecule has 0 atom stereocenters. The first kappa shape index (κ1) is 20.5. The van der Waals surface area contributed by atoms with Gasteiger partial charge in [0.1, 0.15) is 5.75 Å². The maximum Gasteiger partial charge on any atom is 0.254 e. The molecule has 3 aromatic rings. The Morgan fingerprint density at radius 1 is 1.13 bits per heavy atom. The van der Waals surface area contributed by atoms with Crippen LogP contribution < -0.4 is 4.74 Å². The zero-order valence-electron chi connectivity index (χ0n) is 18.4. The van der Waals surface area contributed by atoms with Gasteiger partial charge in [-0.3, -0.25) is 4.79 Å². The van der Waals surface area contributed by atoms with Crippen LogP contribution in [0.15, 0.2) is 36.5 Å². The fraction of sp³-hybridized carbons (Fsp3) is 0.400. The van der Waals surface area contributed by atoms with Crippen molar-refractivity contribution in [2.24, 2.45) is 0 Å². The van der Waals surface area contributed by atoms with Gasteiger partial charge in [-0.15, -0.1) is 0 Å². The molecule has 0 aliphatic carbocycles. The molecular weight excluding hydrogens is 374 g/mol. The highest BCUT2D eigenvalue weighted by atomic mass is 16.5. The molecule has 2 heterocycles. The van der Waals surface area contributed by atoms with E-state index in [1.807, 2.05) is 11.0 Å². The summed E-state index contributed by atoms with van der Waals surface area (Å²) in [6.07, 6.45) is 4.06. The highest BCUT2D eigenvalue weighted by molar-refractivity contribution is 5.98. The molecule has 0 fully saturated rings. The number of benzene rings is 2. The molecule has 1 amide bonds. The molecule has 0 radical (unpaired) electrons. The first-order valence-electron chi connectivity index (χ1n) is 10.7. The molecular formula is C25H31N3O2. The van der Waals surface area contributed by atoms with Crippen LogP contribution >= 0.6 is 0 Å². The number of amides is 1. The van der Waals surface area contributed by atoms with Crippen molar-refractivity contribution in [1.82, 2.24) is 14.8 Å². The predicted molar refractivity (Wildman–Crippen MR) is 121 cm³/mol. The van der Waals surface area contributed by atoms with Crippen molar-refractivity contribution in [1.29, 1.82) is 0 Å². The van der Waals surface area contributed by atoms with E-state index >= 15 is 0 Å². The summed E-state index contributed by atoms with van der Waals surface area (Å²) in [5, 5.41) is 1.23. The quantitative estimate of drug-likeness (QED) is 0.607. The predicted octanol–water partition coefficient (Wildman–Crippen LogP) is 4.31. The number of hydrogen-bond acceptors (Lipinski definition) is 3. The van der Waals surface area contributed by atoms with Crippen LogP contribution in [0.3, 0.4) is 0 Å².